The number of hydrogen-bond acceptors (Lipinski definition) is 4. The topological polar surface area (TPSA) is 93.1 Å². The minimum absolute atomic E-state index is 0.0291. The molecule has 2 aromatic rings. The highest BCUT2D eigenvalue weighted by atomic mass is 16.5. The molecule has 0 saturated heterocycles. The quantitative estimate of drug-likeness (QED) is 0.884. The number of carbonyl (C=O) groups is 1. The van der Waals surface area contributed by atoms with Gasteiger partial charge in [-0.1, -0.05) is 19.1 Å². The second kappa shape index (κ2) is 6.68. The summed E-state index contributed by atoms with van der Waals surface area (Å²) >= 11 is 0. The molecule has 22 heavy (non-hydrogen) atoms. The smallest absolute Gasteiger partial charge is 0.244 e. The van der Waals surface area contributed by atoms with Crippen LogP contribution in [0.1, 0.15) is 18.3 Å². The number of amides is 1. The van der Waals surface area contributed by atoms with Gasteiger partial charge in [0.25, 0.3) is 0 Å². The maximum atomic E-state index is 12.3. The van der Waals surface area contributed by atoms with E-state index in [2.05, 4.69) is 11.4 Å². The number of ether oxygens (including phenoxy) is 1. The van der Waals surface area contributed by atoms with Crippen LogP contribution in [0.15, 0.2) is 30.3 Å². The van der Waals surface area contributed by atoms with E-state index in [1.807, 2.05) is 19.1 Å². The van der Waals surface area contributed by atoms with Crippen molar-refractivity contribution in [1.82, 2.24) is 4.57 Å². The summed E-state index contributed by atoms with van der Waals surface area (Å²) in [4.78, 5) is 12.3. The first-order valence-corrected chi connectivity index (χ1v) is 6.91. The van der Waals surface area contributed by atoms with Gasteiger partial charge in [-0.15, -0.1) is 0 Å². The molecule has 0 saturated carbocycles. The van der Waals surface area contributed by atoms with E-state index in [9.17, 15) is 4.79 Å². The molecule has 0 bridgehead atoms. The monoisotopic (exact) mass is 298 g/mol. The average Bonchev–Trinajstić information content (AvgIpc) is 2.82. The molecule has 1 heterocycles. The summed E-state index contributed by atoms with van der Waals surface area (Å²) in [5.41, 5.74) is 8.16. The van der Waals surface area contributed by atoms with Crippen molar-refractivity contribution in [2.45, 2.75) is 19.9 Å². The fourth-order valence-corrected chi connectivity index (χ4v) is 2.36. The number of nitrogen functional groups attached to an aromatic ring is 1. The summed E-state index contributed by atoms with van der Waals surface area (Å²) in [6.07, 6.45) is 0.648. The van der Waals surface area contributed by atoms with Gasteiger partial charge in [0.15, 0.2) is 0 Å². The molecule has 2 rings (SSSR count). The van der Waals surface area contributed by atoms with Crippen molar-refractivity contribution in [1.29, 1.82) is 5.26 Å². The number of methoxy groups -OCH3 is 1. The minimum atomic E-state index is -0.244. The molecule has 6 heteroatoms. The van der Waals surface area contributed by atoms with E-state index in [0.29, 0.717) is 29.2 Å². The van der Waals surface area contributed by atoms with Gasteiger partial charge in [0, 0.05) is 5.69 Å². The summed E-state index contributed by atoms with van der Waals surface area (Å²) in [7, 11) is 1.54. The van der Waals surface area contributed by atoms with Crippen LogP contribution in [0.4, 0.5) is 11.4 Å². The third-order valence-electron chi connectivity index (χ3n) is 3.37. The zero-order valence-corrected chi connectivity index (χ0v) is 12.6. The molecule has 0 fully saturated rings. The lowest BCUT2D eigenvalue weighted by Crippen LogP contribution is -2.21. The Hall–Kier alpha value is -2.94. The molecule has 0 aliphatic heterocycles. The van der Waals surface area contributed by atoms with Crippen molar-refractivity contribution in [3.05, 3.63) is 41.7 Å². The van der Waals surface area contributed by atoms with Crippen LogP contribution >= 0.6 is 0 Å². The Balaban J connectivity index is 2.21. The predicted octanol–water partition coefficient (Wildman–Crippen LogP) is 2.15. The molecule has 0 radical (unpaired) electrons. The molecule has 0 spiro atoms. The van der Waals surface area contributed by atoms with Gasteiger partial charge in [0.2, 0.25) is 5.91 Å². The van der Waals surface area contributed by atoms with Crippen LogP contribution in [0.25, 0.3) is 0 Å². The summed E-state index contributed by atoms with van der Waals surface area (Å²) < 4.78 is 6.84. The number of rotatable bonds is 5. The molecule has 0 aliphatic rings. The second-order valence-corrected chi connectivity index (χ2v) is 4.73. The van der Waals surface area contributed by atoms with Crippen molar-refractivity contribution >= 4 is 17.3 Å². The number of nitrogens with zero attached hydrogens (tertiary/aromatic N) is 2. The first-order valence-electron chi connectivity index (χ1n) is 6.91. The molecular weight excluding hydrogens is 280 g/mol. The number of hydrogen-bond donors (Lipinski definition) is 2. The summed E-state index contributed by atoms with van der Waals surface area (Å²) in [5, 5.41) is 11.9. The SMILES string of the molecule is CCc1c(N)cc(C#N)n1CC(=O)Nc1ccccc1OC. The van der Waals surface area contributed by atoms with Crippen LogP contribution < -0.4 is 15.8 Å². The van der Waals surface area contributed by atoms with Gasteiger partial charge in [-0.2, -0.15) is 5.26 Å². The minimum Gasteiger partial charge on any atom is -0.495 e. The molecule has 114 valence electrons. The number of nitrogens with one attached hydrogen (secondary N) is 1. The van der Waals surface area contributed by atoms with Crippen LogP contribution in [-0.4, -0.2) is 17.6 Å². The number of para-hydroxylation sites is 2. The van der Waals surface area contributed by atoms with Gasteiger partial charge in [0.05, 0.1) is 18.5 Å². The fourth-order valence-electron chi connectivity index (χ4n) is 2.36. The Morgan fingerprint density at radius 3 is 2.82 bits per heavy atom. The highest BCUT2D eigenvalue weighted by Gasteiger charge is 2.15. The van der Waals surface area contributed by atoms with Crippen LogP contribution in [0, 0.1) is 11.3 Å². The van der Waals surface area contributed by atoms with E-state index in [1.54, 1.807) is 29.9 Å². The standard InChI is InChI=1S/C16H18N4O2/c1-3-14-12(18)8-11(9-17)20(14)10-16(21)19-13-6-4-5-7-15(13)22-2/h4-8H,3,10,18H2,1-2H3,(H,19,21). The van der Waals surface area contributed by atoms with E-state index in [4.69, 9.17) is 15.7 Å². The Morgan fingerprint density at radius 2 is 2.18 bits per heavy atom. The Bertz CT molecular complexity index is 728. The highest BCUT2D eigenvalue weighted by molar-refractivity contribution is 5.92. The van der Waals surface area contributed by atoms with Crippen LogP contribution in [0.2, 0.25) is 0 Å². The van der Waals surface area contributed by atoms with Crippen molar-refractivity contribution in [3.8, 4) is 11.8 Å². The van der Waals surface area contributed by atoms with Gasteiger partial charge in [-0.25, -0.2) is 0 Å². The third kappa shape index (κ3) is 3.04. The van der Waals surface area contributed by atoms with E-state index in [0.717, 1.165) is 5.69 Å². The molecule has 0 aliphatic carbocycles. The molecule has 1 aromatic heterocycles. The van der Waals surface area contributed by atoms with Gasteiger partial charge < -0.3 is 20.4 Å². The van der Waals surface area contributed by atoms with Crippen molar-refractivity contribution in [2.24, 2.45) is 0 Å². The number of carbonyl (C=O) groups excluding carboxylic acids is 1. The van der Waals surface area contributed by atoms with Gasteiger partial charge in [0.1, 0.15) is 24.1 Å². The largest absolute Gasteiger partial charge is 0.495 e. The lowest BCUT2D eigenvalue weighted by atomic mass is 10.3. The van der Waals surface area contributed by atoms with Crippen molar-refractivity contribution < 1.29 is 9.53 Å². The molecular formula is C16H18N4O2. The first-order chi connectivity index (χ1) is 10.6. The summed E-state index contributed by atoms with van der Waals surface area (Å²) in [5.74, 6) is 0.338. The number of nitriles is 1. The van der Waals surface area contributed by atoms with E-state index in [1.165, 1.54) is 0 Å². The zero-order chi connectivity index (χ0) is 16.1. The molecule has 0 atom stereocenters. The lowest BCUT2D eigenvalue weighted by molar-refractivity contribution is -0.116. The number of aromatic nitrogens is 1. The fraction of sp³-hybridized carbons (Fsp3) is 0.250. The lowest BCUT2D eigenvalue weighted by Gasteiger charge is -2.12. The van der Waals surface area contributed by atoms with Gasteiger partial charge >= 0.3 is 0 Å². The van der Waals surface area contributed by atoms with Crippen molar-refractivity contribution in [3.63, 3.8) is 0 Å². The average molecular weight is 298 g/mol. The van der Waals surface area contributed by atoms with E-state index >= 15 is 0 Å². The Morgan fingerprint density at radius 1 is 1.45 bits per heavy atom. The maximum Gasteiger partial charge on any atom is 0.244 e. The van der Waals surface area contributed by atoms with Crippen molar-refractivity contribution in [2.75, 3.05) is 18.2 Å². The predicted molar refractivity (Wildman–Crippen MR) is 84.6 cm³/mol. The highest BCUT2D eigenvalue weighted by Crippen LogP contribution is 2.23. The molecule has 1 aromatic carbocycles. The molecule has 0 unspecified atom stereocenters. The number of benzene rings is 1. The maximum absolute atomic E-state index is 12.3. The zero-order valence-electron chi connectivity index (χ0n) is 12.6. The van der Waals surface area contributed by atoms with E-state index in [-0.39, 0.29) is 12.5 Å². The number of nitrogens with two attached hydrogens (primary N) is 1. The third-order valence-corrected chi connectivity index (χ3v) is 3.37. The Labute approximate surface area is 129 Å². The van der Waals surface area contributed by atoms with Crippen LogP contribution in [0.5, 0.6) is 5.75 Å². The normalized spacial score (nSPS) is 10.0. The second-order valence-electron chi connectivity index (χ2n) is 4.73. The Kier molecular flexibility index (Phi) is 4.69. The van der Waals surface area contributed by atoms with E-state index < -0.39 is 0 Å². The van der Waals surface area contributed by atoms with Gasteiger partial charge in [-0.3, -0.25) is 4.79 Å². The van der Waals surface area contributed by atoms with Crippen LogP contribution in [0.3, 0.4) is 0 Å². The van der Waals surface area contributed by atoms with Gasteiger partial charge in [-0.05, 0) is 24.6 Å². The molecule has 6 nitrogen and oxygen atoms in total. The summed E-state index contributed by atoms with van der Waals surface area (Å²) in [6, 6.07) is 10.8. The van der Waals surface area contributed by atoms with Crippen LogP contribution in [-0.2, 0) is 17.8 Å². The molecule has 1 amide bonds. The summed E-state index contributed by atoms with van der Waals surface area (Å²) in [6.45, 7) is 1.96. The number of anilines is 2. The first kappa shape index (κ1) is 15.4. The molecule has 3 N–H and O–H groups in total.